The van der Waals surface area contributed by atoms with E-state index in [-0.39, 0.29) is 29.9 Å². The van der Waals surface area contributed by atoms with Gasteiger partial charge in [-0.3, -0.25) is 9.59 Å². The van der Waals surface area contributed by atoms with E-state index in [2.05, 4.69) is 20.9 Å². The molecule has 0 saturated carbocycles. The molecule has 1 saturated heterocycles. The maximum atomic E-state index is 12.3. The SMILES string of the molecule is NC(=NCCCCCC(=O)N[C@@H]1CN[C@H](C(=O)Nc2ccccc2)C1)N[N+](=O)[O-]. The second kappa shape index (κ2) is 11.6. The molecule has 1 heterocycles. The van der Waals surface area contributed by atoms with Crippen molar-refractivity contribution in [2.45, 2.75) is 44.2 Å². The number of benzene rings is 1. The molecule has 2 amide bonds. The molecule has 11 heteroatoms. The van der Waals surface area contributed by atoms with Crippen molar-refractivity contribution in [3.63, 3.8) is 0 Å². The van der Waals surface area contributed by atoms with Crippen LogP contribution < -0.4 is 27.1 Å². The van der Waals surface area contributed by atoms with Crippen molar-refractivity contribution in [3.05, 3.63) is 40.4 Å². The van der Waals surface area contributed by atoms with Crippen LogP contribution in [0.1, 0.15) is 32.1 Å². The van der Waals surface area contributed by atoms with Gasteiger partial charge in [-0.1, -0.05) is 30.0 Å². The van der Waals surface area contributed by atoms with Gasteiger partial charge in [-0.2, -0.15) is 0 Å². The summed E-state index contributed by atoms with van der Waals surface area (Å²) < 4.78 is 0. The zero-order valence-corrected chi connectivity index (χ0v) is 16.1. The van der Waals surface area contributed by atoms with E-state index >= 15 is 0 Å². The Morgan fingerprint density at radius 2 is 2.00 bits per heavy atom. The molecule has 1 aliphatic rings. The zero-order chi connectivity index (χ0) is 21.1. The van der Waals surface area contributed by atoms with E-state index in [0.717, 1.165) is 12.1 Å². The highest BCUT2D eigenvalue weighted by Crippen LogP contribution is 2.12. The third kappa shape index (κ3) is 8.56. The first-order chi connectivity index (χ1) is 13.9. The molecular weight excluding hydrogens is 378 g/mol. The van der Waals surface area contributed by atoms with Crippen molar-refractivity contribution in [2.24, 2.45) is 10.7 Å². The summed E-state index contributed by atoms with van der Waals surface area (Å²) in [5, 5.41) is 18.3. The van der Waals surface area contributed by atoms with E-state index in [1.54, 1.807) is 5.43 Å². The fraction of sp³-hybridized carbons (Fsp3) is 0.500. The molecule has 2 atom stereocenters. The quantitative estimate of drug-likeness (QED) is 0.121. The number of rotatable bonds is 10. The zero-order valence-electron chi connectivity index (χ0n) is 16.1. The second-order valence-electron chi connectivity index (χ2n) is 6.76. The first kappa shape index (κ1) is 22.1. The highest BCUT2D eigenvalue weighted by atomic mass is 16.7. The number of nitrogens with zero attached hydrogens (tertiary/aromatic N) is 2. The number of nitrogens with one attached hydrogen (secondary N) is 4. The number of anilines is 1. The van der Waals surface area contributed by atoms with Crippen LogP contribution in [-0.4, -0.2) is 48.0 Å². The van der Waals surface area contributed by atoms with Gasteiger partial charge in [0.1, 0.15) is 0 Å². The first-order valence-electron chi connectivity index (χ1n) is 9.53. The van der Waals surface area contributed by atoms with Crippen molar-refractivity contribution in [2.75, 3.05) is 18.4 Å². The van der Waals surface area contributed by atoms with E-state index in [9.17, 15) is 19.7 Å². The first-order valence-corrected chi connectivity index (χ1v) is 9.53. The lowest BCUT2D eigenvalue weighted by molar-refractivity contribution is -0.525. The highest BCUT2D eigenvalue weighted by Gasteiger charge is 2.30. The van der Waals surface area contributed by atoms with Gasteiger partial charge in [0.2, 0.25) is 11.8 Å². The largest absolute Gasteiger partial charge is 0.365 e. The number of nitro groups is 1. The molecule has 1 fully saturated rings. The van der Waals surface area contributed by atoms with Gasteiger partial charge >= 0.3 is 0 Å². The third-order valence-electron chi connectivity index (χ3n) is 4.40. The van der Waals surface area contributed by atoms with Gasteiger partial charge in [0.25, 0.3) is 5.96 Å². The fourth-order valence-corrected chi connectivity index (χ4v) is 3.00. The van der Waals surface area contributed by atoms with E-state index in [1.807, 2.05) is 30.3 Å². The fourth-order valence-electron chi connectivity index (χ4n) is 3.00. The molecule has 158 valence electrons. The lowest BCUT2D eigenvalue weighted by Gasteiger charge is -2.13. The molecule has 1 aliphatic heterocycles. The minimum atomic E-state index is -0.767. The van der Waals surface area contributed by atoms with Crippen molar-refractivity contribution in [1.82, 2.24) is 16.1 Å². The van der Waals surface area contributed by atoms with Crippen LogP contribution in [0.5, 0.6) is 0 Å². The van der Waals surface area contributed by atoms with E-state index in [4.69, 9.17) is 5.73 Å². The maximum absolute atomic E-state index is 12.3. The van der Waals surface area contributed by atoms with E-state index in [0.29, 0.717) is 38.8 Å². The molecule has 29 heavy (non-hydrogen) atoms. The van der Waals surface area contributed by atoms with Crippen molar-refractivity contribution in [1.29, 1.82) is 0 Å². The Labute approximate surface area is 168 Å². The normalized spacial score (nSPS) is 18.8. The lowest BCUT2D eigenvalue weighted by Crippen LogP contribution is -2.36. The second-order valence-corrected chi connectivity index (χ2v) is 6.76. The van der Waals surface area contributed by atoms with Gasteiger partial charge in [0, 0.05) is 31.2 Å². The Balaban J connectivity index is 1.58. The molecule has 1 aromatic carbocycles. The minimum Gasteiger partial charge on any atom is -0.365 e. The van der Waals surface area contributed by atoms with Crippen LogP contribution in [0.15, 0.2) is 35.3 Å². The van der Waals surface area contributed by atoms with Crippen LogP contribution in [0.25, 0.3) is 0 Å². The number of guanidine groups is 1. The monoisotopic (exact) mass is 405 g/mol. The van der Waals surface area contributed by atoms with Gasteiger partial charge in [-0.15, -0.1) is 0 Å². The van der Waals surface area contributed by atoms with E-state index < -0.39 is 5.03 Å². The van der Waals surface area contributed by atoms with E-state index in [1.165, 1.54) is 0 Å². The molecule has 0 bridgehead atoms. The molecule has 0 aliphatic carbocycles. The van der Waals surface area contributed by atoms with Crippen molar-refractivity contribution in [3.8, 4) is 0 Å². The number of amides is 2. The standard InChI is InChI=1S/C18H27N7O4/c19-18(24-25(28)29)20-10-6-2-5-9-16(26)22-14-11-15(21-12-14)17(27)23-13-7-3-1-4-8-13/h1,3-4,7-8,14-15,21H,2,5-6,9-12H2,(H,22,26)(H,23,27)(H3,19,20,24)/t14-,15-/m0/s1. The summed E-state index contributed by atoms with van der Waals surface area (Å²) in [6.45, 7) is 0.912. The summed E-state index contributed by atoms with van der Waals surface area (Å²) in [7, 11) is 0. The van der Waals surface area contributed by atoms with Crippen LogP contribution in [0, 0.1) is 10.1 Å². The number of para-hydroxylation sites is 1. The third-order valence-corrected chi connectivity index (χ3v) is 4.40. The smallest absolute Gasteiger partial charge is 0.251 e. The number of carbonyl (C=O) groups excluding carboxylic acids is 2. The Hall–Kier alpha value is -3.21. The van der Waals surface area contributed by atoms with Gasteiger partial charge in [-0.25, -0.2) is 15.1 Å². The van der Waals surface area contributed by atoms with Gasteiger partial charge in [0.05, 0.1) is 6.04 Å². The van der Waals surface area contributed by atoms with Crippen LogP contribution in [-0.2, 0) is 9.59 Å². The van der Waals surface area contributed by atoms with Crippen LogP contribution in [0.3, 0.4) is 0 Å². The molecule has 1 aromatic rings. The molecule has 0 unspecified atom stereocenters. The maximum Gasteiger partial charge on any atom is 0.251 e. The number of nitrogens with two attached hydrogens (primary N) is 1. The topological polar surface area (TPSA) is 164 Å². The number of hydrogen-bond acceptors (Lipinski definition) is 6. The molecule has 0 aromatic heterocycles. The van der Waals surface area contributed by atoms with Crippen LogP contribution in [0.2, 0.25) is 0 Å². The average molecular weight is 405 g/mol. The predicted molar refractivity (Wildman–Crippen MR) is 108 cm³/mol. The number of aliphatic imine (C=N–C) groups is 1. The van der Waals surface area contributed by atoms with Gasteiger partial charge in [-0.05, 0) is 31.4 Å². The van der Waals surface area contributed by atoms with Crippen molar-refractivity contribution >= 4 is 23.5 Å². The molecule has 11 nitrogen and oxygen atoms in total. The average Bonchev–Trinajstić information content (AvgIpc) is 3.13. The Morgan fingerprint density at radius 3 is 2.72 bits per heavy atom. The lowest BCUT2D eigenvalue weighted by atomic mass is 10.1. The highest BCUT2D eigenvalue weighted by molar-refractivity contribution is 5.95. The summed E-state index contributed by atoms with van der Waals surface area (Å²) in [4.78, 5) is 38.3. The molecule has 0 radical (unpaired) electrons. The Morgan fingerprint density at radius 1 is 1.24 bits per heavy atom. The minimum absolute atomic E-state index is 0.0565. The summed E-state index contributed by atoms with van der Waals surface area (Å²) in [6, 6.07) is 8.82. The number of unbranched alkanes of at least 4 members (excludes halogenated alkanes) is 2. The predicted octanol–water partition coefficient (Wildman–Crippen LogP) is 0.128. The summed E-state index contributed by atoms with van der Waals surface area (Å²) in [5.74, 6) is -0.398. The molecule has 0 spiro atoms. The summed E-state index contributed by atoms with van der Waals surface area (Å²) in [6.07, 6.45) is 3.04. The summed E-state index contributed by atoms with van der Waals surface area (Å²) >= 11 is 0. The number of hydrogen-bond donors (Lipinski definition) is 5. The van der Waals surface area contributed by atoms with Crippen molar-refractivity contribution < 1.29 is 14.6 Å². The van der Waals surface area contributed by atoms with Gasteiger partial charge in [0.15, 0.2) is 5.03 Å². The van der Waals surface area contributed by atoms with Crippen LogP contribution >= 0.6 is 0 Å². The summed E-state index contributed by atoms with van der Waals surface area (Å²) in [5.41, 5.74) is 7.81. The Bertz CT molecular complexity index is 726. The molecular formula is C18H27N7O4. The number of hydrazine groups is 1. The molecule has 6 N–H and O–H groups in total. The Kier molecular flexibility index (Phi) is 8.83. The molecule has 2 rings (SSSR count). The number of carbonyl (C=O) groups is 2. The van der Waals surface area contributed by atoms with Crippen LogP contribution in [0.4, 0.5) is 5.69 Å². The van der Waals surface area contributed by atoms with Gasteiger partial charge < -0.3 is 21.7 Å².